The van der Waals surface area contributed by atoms with Gasteiger partial charge in [-0.05, 0) is 106 Å². The fourth-order valence-electron chi connectivity index (χ4n) is 6.30. The van der Waals surface area contributed by atoms with Crippen LogP contribution in [0.1, 0.15) is 72.6 Å². The molecule has 3 heterocycles. The molecule has 0 atom stereocenters. The van der Waals surface area contributed by atoms with E-state index in [9.17, 15) is 9.59 Å². The first kappa shape index (κ1) is 29.1. The molecule has 0 unspecified atom stereocenters. The molecule has 4 aromatic rings. The molecule has 7 nitrogen and oxygen atoms in total. The number of hydrogen-bond donors (Lipinski definition) is 2. The quantitative estimate of drug-likeness (QED) is 0.229. The molecule has 2 N–H and O–H groups in total. The summed E-state index contributed by atoms with van der Waals surface area (Å²) < 4.78 is 7.56. The van der Waals surface area contributed by atoms with Crippen LogP contribution in [0.15, 0.2) is 66.7 Å². The number of benzene rings is 3. The molecule has 3 aromatic carbocycles. The van der Waals surface area contributed by atoms with Crippen molar-refractivity contribution in [1.29, 1.82) is 0 Å². The van der Waals surface area contributed by atoms with Crippen molar-refractivity contribution in [2.24, 2.45) is 0 Å². The first-order chi connectivity index (χ1) is 20.7. The average molecular weight is 579 g/mol. The molecule has 0 radical (unpaired) electrons. The zero-order valence-electron chi connectivity index (χ0n) is 25.5. The summed E-state index contributed by atoms with van der Waals surface area (Å²) in [4.78, 5) is 29.4. The van der Waals surface area contributed by atoms with Crippen molar-refractivity contribution >= 4 is 22.9 Å². The van der Waals surface area contributed by atoms with Crippen molar-refractivity contribution in [3.63, 3.8) is 0 Å². The fourth-order valence-corrected chi connectivity index (χ4v) is 6.30. The topological polar surface area (TPSA) is 75.6 Å². The predicted molar refractivity (Wildman–Crippen MR) is 171 cm³/mol. The molecule has 1 aromatic heterocycles. The number of likely N-dealkylation sites (tertiary alicyclic amines) is 1. The summed E-state index contributed by atoms with van der Waals surface area (Å²) in [5.41, 5.74) is 6.73. The predicted octanol–water partition coefficient (Wildman–Crippen LogP) is 6.65. The standard InChI is InChI=1S/C36H42N4O3/c1-36(2,3)43-35(42)40-31-13-12-26(24-39-16-8-5-9-17-39)18-28(31)21-32(40)30-20-27(19-29-23-38-34(41)33(29)30)22-37-15-14-25-10-6-4-7-11-25/h4,6-7,10-13,18-21,37H,5,8-9,14-17,22-24H2,1-3H3,(H,38,41). The SMILES string of the molecule is CC(C)(C)OC(=O)n1c(-c2cc(CNCCc3ccccc3)cc3c2C(=O)NC3)cc2cc(CN3CCCCC3)ccc21. The van der Waals surface area contributed by atoms with Gasteiger partial charge in [0.05, 0.1) is 16.8 Å². The van der Waals surface area contributed by atoms with Gasteiger partial charge in [0.25, 0.3) is 5.91 Å². The maximum absolute atomic E-state index is 13.8. The van der Waals surface area contributed by atoms with Gasteiger partial charge in [0, 0.05) is 30.6 Å². The van der Waals surface area contributed by atoms with Crippen LogP contribution in [0.2, 0.25) is 0 Å². The normalized spacial score (nSPS) is 15.5. The van der Waals surface area contributed by atoms with Gasteiger partial charge in [-0.25, -0.2) is 9.36 Å². The van der Waals surface area contributed by atoms with Crippen LogP contribution in [0.5, 0.6) is 0 Å². The van der Waals surface area contributed by atoms with Gasteiger partial charge in [-0.3, -0.25) is 9.69 Å². The lowest BCUT2D eigenvalue weighted by molar-refractivity contribution is 0.0547. The highest BCUT2D eigenvalue weighted by Gasteiger charge is 2.29. The Kier molecular flexibility index (Phi) is 8.37. The number of nitrogens with one attached hydrogen (secondary N) is 2. The van der Waals surface area contributed by atoms with Gasteiger partial charge in [0.2, 0.25) is 0 Å². The molecule has 0 bridgehead atoms. The molecule has 7 heteroatoms. The van der Waals surface area contributed by atoms with Crippen LogP contribution < -0.4 is 10.6 Å². The van der Waals surface area contributed by atoms with E-state index in [2.05, 4.69) is 64.1 Å². The highest BCUT2D eigenvalue weighted by molar-refractivity contribution is 6.07. The zero-order valence-corrected chi connectivity index (χ0v) is 25.5. The molecule has 224 valence electrons. The summed E-state index contributed by atoms with van der Waals surface area (Å²) in [6.07, 6.45) is 4.28. The van der Waals surface area contributed by atoms with Gasteiger partial charge in [0.15, 0.2) is 0 Å². The first-order valence-corrected chi connectivity index (χ1v) is 15.5. The van der Waals surface area contributed by atoms with Crippen molar-refractivity contribution < 1.29 is 14.3 Å². The summed E-state index contributed by atoms with van der Waals surface area (Å²) in [7, 11) is 0. The Hall–Kier alpha value is -3.94. The lowest BCUT2D eigenvalue weighted by atomic mass is 9.96. The summed E-state index contributed by atoms with van der Waals surface area (Å²) >= 11 is 0. The molecule has 43 heavy (non-hydrogen) atoms. The van der Waals surface area contributed by atoms with Gasteiger partial charge < -0.3 is 15.4 Å². The van der Waals surface area contributed by atoms with Crippen LogP contribution in [0, 0.1) is 0 Å². The van der Waals surface area contributed by atoms with E-state index in [1.54, 1.807) is 4.57 Å². The number of piperidine rings is 1. The van der Waals surface area contributed by atoms with Gasteiger partial charge in [-0.1, -0.05) is 48.9 Å². The number of rotatable bonds is 8. The van der Waals surface area contributed by atoms with Crippen molar-refractivity contribution in [1.82, 2.24) is 20.1 Å². The molecule has 1 amide bonds. The summed E-state index contributed by atoms with van der Waals surface area (Å²) in [6.45, 7) is 10.7. The number of carbonyl (C=O) groups excluding carboxylic acids is 2. The molecule has 0 aliphatic carbocycles. The van der Waals surface area contributed by atoms with Crippen LogP contribution in [-0.4, -0.2) is 46.7 Å². The van der Waals surface area contributed by atoms with Gasteiger partial charge in [-0.2, -0.15) is 0 Å². The number of carbonyl (C=O) groups is 2. The monoisotopic (exact) mass is 578 g/mol. The van der Waals surface area contributed by atoms with Crippen LogP contribution in [-0.2, 0) is 30.8 Å². The Bertz CT molecular complexity index is 1630. The van der Waals surface area contributed by atoms with E-state index in [4.69, 9.17) is 4.74 Å². The molecule has 2 aliphatic heterocycles. The van der Waals surface area contributed by atoms with Crippen LogP contribution in [0.25, 0.3) is 22.2 Å². The number of aromatic nitrogens is 1. The van der Waals surface area contributed by atoms with Crippen LogP contribution in [0.4, 0.5) is 4.79 Å². The fraction of sp³-hybridized carbons (Fsp3) is 0.389. The van der Waals surface area contributed by atoms with Gasteiger partial charge in [-0.15, -0.1) is 0 Å². The Morgan fingerprint density at radius 3 is 2.49 bits per heavy atom. The van der Waals surface area contributed by atoms with Crippen molar-refractivity contribution in [2.75, 3.05) is 19.6 Å². The van der Waals surface area contributed by atoms with Crippen molar-refractivity contribution in [3.05, 3.63) is 94.5 Å². The number of nitrogens with zero attached hydrogens (tertiary/aromatic N) is 2. The van der Waals surface area contributed by atoms with Crippen molar-refractivity contribution in [2.45, 2.75) is 71.7 Å². The first-order valence-electron chi connectivity index (χ1n) is 15.5. The smallest absolute Gasteiger partial charge is 0.419 e. The van der Waals surface area contributed by atoms with Crippen LogP contribution in [0.3, 0.4) is 0 Å². The van der Waals surface area contributed by atoms with E-state index >= 15 is 0 Å². The largest absolute Gasteiger partial charge is 0.443 e. The number of hydrogen-bond acceptors (Lipinski definition) is 5. The van der Waals surface area contributed by atoms with Crippen molar-refractivity contribution in [3.8, 4) is 11.3 Å². The third-order valence-corrected chi connectivity index (χ3v) is 8.28. The highest BCUT2D eigenvalue weighted by atomic mass is 16.6. The third-order valence-electron chi connectivity index (χ3n) is 8.28. The van der Waals surface area contributed by atoms with Gasteiger partial charge >= 0.3 is 6.09 Å². The Labute approximate surface area is 254 Å². The lowest BCUT2D eigenvalue weighted by Crippen LogP contribution is -2.29. The summed E-state index contributed by atoms with van der Waals surface area (Å²) in [5, 5.41) is 7.53. The lowest BCUT2D eigenvalue weighted by Gasteiger charge is -2.26. The van der Waals surface area contributed by atoms with E-state index in [0.29, 0.717) is 24.3 Å². The second kappa shape index (κ2) is 12.3. The zero-order chi connectivity index (χ0) is 30.0. The van der Waals surface area contributed by atoms with E-state index < -0.39 is 11.7 Å². The minimum Gasteiger partial charge on any atom is -0.443 e. The average Bonchev–Trinajstić information content (AvgIpc) is 3.55. The van der Waals surface area contributed by atoms with Crippen LogP contribution >= 0.6 is 0 Å². The third kappa shape index (κ3) is 6.68. The second-order valence-electron chi connectivity index (χ2n) is 12.8. The molecule has 1 fully saturated rings. The maximum Gasteiger partial charge on any atom is 0.419 e. The Balaban J connectivity index is 1.37. The minimum atomic E-state index is -0.664. The minimum absolute atomic E-state index is 0.111. The van der Waals surface area contributed by atoms with Gasteiger partial charge in [0.1, 0.15) is 5.60 Å². The number of fused-ring (bicyclic) bond motifs is 2. The molecule has 6 rings (SSSR count). The highest BCUT2D eigenvalue weighted by Crippen LogP contribution is 2.36. The van der Waals surface area contributed by atoms with E-state index in [1.165, 1.54) is 30.4 Å². The number of amides is 1. The number of ether oxygens (including phenoxy) is 1. The molecule has 2 aliphatic rings. The van der Waals surface area contributed by atoms with E-state index in [-0.39, 0.29) is 5.91 Å². The summed E-state index contributed by atoms with van der Waals surface area (Å²) in [6, 6.07) is 23.0. The molecule has 0 saturated carbocycles. The van der Waals surface area contributed by atoms with E-state index in [1.807, 2.05) is 39.0 Å². The molecular weight excluding hydrogens is 536 g/mol. The maximum atomic E-state index is 13.8. The molecule has 1 saturated heterocycles. The Morgan fingerprint density at radius 2 is 1.72 bits per heavy atom. The molecular formula is C36H42N4O3. The molecule has 0 spiro atoms. The summed E-state index contributed by atoms with van der Waals surface area (Å²) in [5.74, 6) is -0.111. The van der Waals surface area contributed by atoms with E-state index in [0.717, 1.165) is 60.2 Å². The second-order valence-corrected chi connectivity index (χ2v) is 12.8. The Morgan fingerprint density at radius 1 is 0.930 bits per heavy atom.